The third-order valence-electron chi connectivity index (χ3n) is 5.74. The number of aliphatic imine (C=N–C) groups is 1. The lowest BCUT2D eigenvalue weighted by Crippen LogP contribution is -2.49. The van der Waals surface area contributed by atoms with Gasteiger partial charge < -0.3 is 15.4 Å². The average molecular weight is 374 g/mol. The molecule has 2 fully saturated rings. The van der Waals surface area contributed by atoms with Crippen molar-refractivity contribution in [3.05, 3.63) is 0 Å². The van der Waals surface area contributed by atoms with E-state index in [0.717, 1.165) is 25.3 Å². The summed E-state index contributed by atoms with van der Waals surface area (Å²) in [4.78, 5) is 4.67. The summed E-state index contributed by atoms with van der Waals surface area (Å²) in [6, 6.07) is 0.412. The fraction of sp³-hybridized carbons (Fsp3) is 0.944. The number of hydrogen-bond donors (Lipinski definition) is 2. The number of rotatable bonds is 5. The van der Waals surface area contributed by atoms with Crippen LogP contribution in [0, 0.1) is 5.41 Å². The van der Waals surface area contributed by atoms with Gasteiger partial charge in [0.15, 0.2) is 15.8 Å². The summed E-state index contributed by atoms with van der Waals surface area (Å²) in [5.74, 6) is 0.738. The van der Waals surface area contributed by atoms with Gasteiger partial charge in [-0.2, -0.15) is 0 Å². The Balaban J connectivity index is 2.05. The largest absolute Gasteiger partial charge is 0.381 e. The molecule has 1 aliphatic carbocycles. The molecule has 2 aliphatic rings. The highest BCUT2D eigenvalue weighted by Crippen LogP contribution is 2.35. The van der Waals surface area contributed by atoms with Crippen LogP contribution in [0.5, 0.6) is 0 Å². The molecule has 2 N–H and O–H groups in total. The maximum absolute atomic E-state index is 12.4. The second-order valence-corrected chi connectivity index (χ2v) is 10.8. The van der Waals surface area contributed by atoms with Crippen LogP contribution in [0.25, 0.3) is 0 Å². The standard InChI is InChI=1S/C18H35N3O3S/c1-5-19-16(21-15-6-8-17(2,3)9-7-15)20-14-18(25(4,22)23)10-12-24-13-11-18/h15H,5-14H2,1-4H3,(H2,19,20,21). The van der Waals surface area contributed by atoms with Crippen LogP contribution in [-0.2, 0) is 14.6 Å². The van der Waals surface area contributed by atoms with Gasteiger partial charge in [0.1, 0.15) is 0 Å². The van der Waals surface area contributed by atoms with E-state index >= 15 is 0 Å². The van der Waals surface area contributed by atoms with Crippen molar-refractivity contribution in [2.24, 2.45) is 10.4 Å². The summed E-state index contributed by atoms with van der Waals surface area (Å²) in [6.45, 7) is 8.71. The number of nitrogens with one attached hydrogen (secondary N) is 2. The van der Waals surface area contributed by atoms with Gasteiger partial charge in [0.05, 0.1) is 11.3 Å². The van der Waals surface area contributed by atoms with E-state index in [1.807, 2.05) is 6.92 Å². The summed E-state index contributed by atoms with van der Waals surface area (Å²) < 4.78 is 29.3. The molecule has 146 valence electrons. The van der Waals surface area contributed by atoms with Crippen LogP contribution >= 0.6 is 0 Å². The second kappa shape index (κ2) is 8.25. The average Bonchev–Trinajstić information content (AvgIpc) is 2.54. The van der Waals surface area contributed by atoms with Crippen molar-refractivity contribution in [3.63, 3.8) is 0 Å². The van der Waals surface area contributed by atoms with Crippen molar-refractivity contribution >= 4 is 15.8 Å². The Morgan fingerprint density at radius 1 is 1.16 bits per heavy atom. The van der Waals surface area contributed by atoms with Gasteiger partial charge in [0.25, 0.3) is 0 Å². The molecular formula is C18H35N3O3S. The maximum atomic E-state index is 12.4. The van der Waals surface area contributed by atoms with Crippen LogP contribution in [-0.4, -0.2) is 57.7 Å². The van der Waals surface area contributed by atoms with Gasteiger partial charge in [-0.15, -0.1) is 0 Å². The van der Waals surface area contributed by atoms with Crippen LogP contribution in [0.1, 0.15) is 59.3 Å². The molecule has 0 amide bonds. The van der Waals surface area contributed by atoms with Crippen molar-refractivity contribution in [2.75, 3.05) is 32.6 Å². The van der Waals surface area contributed by atoms with Crippen molar-refractivity contribution in [1.82, 2.24) is 10.6 Å². The lowest BCUT2D eigenvalue weighted by atomic mass is 9.75. The topological polar surface area (TPSA) is 79.8 Å². The number of nitrogens with zero attached hydrogens (tertiary/aromatic N) is 1. The SMILES string of the molecule is CCNC(=NCC1(S(C)(=O)=O)CCOCC1)NC1CCC(C)(C)CC1. The molecule has 1 aliphatic heterocycles. The molecule has 2 rings (SSSR count). The molecular weight excluding hydrogens is 338 g/mol. The van der Waals surface area contributed by atoms with Gasteiger partial charge in [-0.1, -0.05) is 13.8 Å². The Labute approximate surface area is 153 Å². The summed E-state index contributed by atoms with van der Waals surface area (Å²) in [7, 11) is -3.19. The molecule has 0 atom stereocenters. The number of sulfone groups is 1. The lowest BCUT2D eigenvalue weighted by molar-refractivity contribution is 0.0768. The van der Waals surface area contributed by atoms with Crippen LogP contribution in [0.4, 0.5) is 0 Å². The number of ether oxygens (including phenoxy) is 1. The molecule has 25 heavy (non-hydrogen) atoms. The van der Waals surface area contributed by atoms with E-state index in [2.05, 4.69) is 29.5 Å². The van der Waals surface area contributed by atoms with Crippen molar-refractivity contribution in [3.8, 4) is 0 Å². The summed E-state index contributed by atoms with van der Waals surface area (Å²) in [6.07, 6.45) is 7.03. The van der Waals surface area contributed by atoms with Crippen LogP contribution < -0.4 is 10.6 Å². The van der Waals surface area contributed by atoms with Crippen molar-refractivity contribution < 1.29 is 13.2 Å². The highest BCUT2D eigenvalue weighted by Gasteiger charge is 2.42. The molecule has 0 aromatic rings. The van der Waals surface area contributed by atoms with E-state index in [4.69, 9.17) is 4.74 Å². The number of guanidine groups is 1. The third-order valence-corrected chi connectivity index (χ3v) is 7.85. The van der Waals surface area contributed by atoms with E-state index in [0.29, 0.717) is 44.1 Å². The number of hydrogen-bond acceptors (Lipinski definition) is 4. The highest BCUT2D eigenvalue weighted by molar-refractivity contribution is 7.92. The Morgan fingerprint density at radius 3 is 2.28 bits per heavy atom. The van der Waals surface area contributed by atoms with Crippen LogP contribution in [0.3, 0.4) is 0 Å². The zero-order valence-corrected chi connectivity index (χ0v) is 17.0. The first-order valence-corrected chi connectivity index (χ1v) is 11.4. The molecule has 1 heterocycles. The molecule has 0 aromatic carbocycles. The van der Waals surface area contributed by atoms with E-state index in [9.17, 15) is 8.42 Å². The van der Waals surface area contributed by atoms with E-state index in [1.165, 1.54) is 19.1 Å². The van der Waals surface area contributed by atoms with E-state index < -0.39 is 14.6 Å². The fourth-order valence-electron chi connectivity index (χ4n) is 3.67. The summed E-state index contributed by atoms with van der Waals surface area (Å²) >= 11 is 0. The summed E-state index contributed by atoms with van der Waals surface area (Å²) in [5.41, 5.74) is 0.427. The Hall–Kier alpha value is -0.820. The Bertz CT molecular complexity index is 556. The van der Waals surface area contributed by atoms with Gasteiger partial charge in [0.2, 0.25) is 0 Å². The predicted molar refractivity (Wildman–Crippen MR) is 103 cm³/mol. The molecule has 0 unspecified atom stereocenters. The molecule has 0 aromatic heterocycles. The zero-order valence-electron chi connectivity index (χ0n) is 16.2. The first-order chi connectivity index (χ1) is 11.7. The minimum Gasteiger partial charge on any atom is -0.381 e. The van der Waals surface area contributed by atoms with Crippen LogP contribution in [0.15, 0.2) is 4.99 Å². The van der Waals surface area contributed by atoms with Crippen molar-refractivity contribution in [2.45, 2.75) is 70.1 Å². The highest BCUT2D eigenvalue weighted by atomic mass is 32.2. The smallest absolute Gasteiger partial charge is 0.191 e. The predicted octanol–water partition coefficient (Wildman–Crippen LogP) is 2.10. The van der Waals surface area contributed by atoms with Crippen LogP contribution in [0.2, 0.25) is 0 Å². The minimum absolute atomic E-state index is 0.294. The molecule has 0 radical (unpaired) electrons. The first-order valence-electron chi connectivity index (χ1n) is 9.50. The minimum atomic E-state index is -3.19. The molecule has 1 saturated heterocycles. The normalized spacial score (nSPS) is 24.7. The molecule has 0 spiro atoms. The molecule has 6 nitrogen and oxygen atoms in total. The van der Waals surface area contributed by atoms with Gasteiger partial charge in [-0.3, -0.25) is 4.99 Å². The van der Waals surface area contributed by atoms with Gasteiger partial charge in [0, 0.05) is 32.1 Å². The van der Waals surface area contributed by atoms with Gasteiger partial charge in [-0.05, 0) is 50.9 Å². The maximum Gasteiger partial charge on any atom is 0.191 e. The van der Waals surface area contributed by atoms with Gasteiger partial charge >= 0.3 is 0 Å². The monoisotopic (exact) mass is 373 g/mol. The zero-order chi connectivity index (χ0) is 18.6. The Kier molecular flexibility index (Phi) is 6.76. The molecule has 7 heteroatoms. The third kappa shape index (κ3) is 5.58. The van der Waals surface area contributed by atoms with Gasteiger partial charge in [-0.25, -0.2) is 8.42 Å². The molecule has 0 bridgehead atoms. The van der Waals surface area contributed by atoms with E-state index in [1.54, 1.807) is 0 Å². The first kappa shape index (κ1) is 20.5. The fourth-order valence-corrected chi connectivity index (χ4v) is 4.88. The lowest BCUT2D eigenvalue weighted by Gasteiger charge is -2.36. The summed E-state index contributed by atoms with van der Waals surface area (Å²) in [5, 5.41) is 6.79. The van der Waals surface area contributed by atoms with E-state index in [-0.39, 0.29) is 0 Å². The quantitative estimate of drug-likeness (QED) is 0.570. The van der Waals surface area contributed by atoms with Crippen molar-refractivity contribution in [1.29, 1.82) is 0 Å². The Morgan fingerprint density at radius 2 is 1.76 bits per heavy atom. The second-order valence-electron chi connectivity index (χ2n) is 8.35. The molecule has 1 saturated carbocycles.